The molecule has 1 aliphatic rings. The second kappa shape index (κ2) is 8.90. The van der Waals surface area contributed by atoms with Gasteiger partial charge in [0.25, 0.3) is 5.91 Å². The Balaban J connectivity index is 1.63. The molecule has 1 amide bonds. The summed E-state index contributed by atoms with van der Waals surface area (Å²) in [5.41, 5.74) is 1.36. The number of carbonyl (C=O) groups is 1. The Labute approximate surface area is 208 Å². The summed E-state index contributed by atoms with van der Waals surface area (Å²) in [6, 6.07) is 11.0. The Bertz CT molecular complexity index is 1580. The molecule has 186 valence electrons. The fourth-order valence-electron chi connectivity index (χ4n) is 4.23. The van der Waals surface area contributed by atoms with Gasteiger partial charge >= 0.3 is 6.18 Å². The average molecular weight is 535 g/mol. The third-order valence-corrected chi connectivity index (χ3v) is 8.09. The number of hydrogen-bond acceptors (Lipinski definition) is 5. The quantitative estimate of drug-likeness (QED) is 0.411. The van der Waals surface area contributed by atoms with Crippen LogP contribution in [0.3, 0.4) is 0 Å². The number of rotatable bonds is 4. The minimum Gasteiger partial charge on any atom is -0.348 e. The number of alkyl halides is 3. The third kappa shape index (κ3) is 4.56. The standard InChI is InChI=1S/C24H18ClF3N4O3S/c25-20-4-2-1-3-17(20)18-11-29-22-19(23(33)31-16-9-10-36(34,35)13-16)12-30-32(22)21(18)14-5-7-15(8-6-14)24(26,27)28/h1-8,11-12,16H,9-10,13H2,(H,31,33)/t16-/m1/s1. The molecule has 7 nitrogen and oxygen atoms in total. The van der Waals surface area contributed by atoms with E-state index in [1.54, 1.807) is 24.3 Å². The van der Waals surface area contributed by atoms with Gasteiger partial charge in [0.05, 0.1) is 29.0 Å². The van der Waals surface area contributed by atoms with E-state index in [1.807, 2.05) is 0 Å². The molecule has 5 rings (SSSR count). The highest BCUT2D eigenvalue weighted by Crippen LogP contribution is 2.37. The van der Waals surface area contributed by atoms with Crippen LogP contribution in [0.1, 0.15) is 22.3 Å². The van der Waals surface area contributed by atoms with Gasteiger partial charge in [-0.25, -0.2) is 17.9 Å². The highest BCUT2D eigenvalue weighted by atomic mass is 35.5. The van der Waals surface area contributed by atoms with E-state index in [0.717, 1.165) is 12.1 Å². The molecule has 0 radical (unpaired) electrons. The first kappa shape index (κ1) is 24.3. The molecule has 1 N–H and O–H groups in total. The van der Waals surface area contributed by atoms with Crippen molar-refractivity contribution in [2.75, 3.05) is 11.5 Å². The van der Waals surface area contributed by atoms with Crippen LogP contribution in [0.25, 0.3) is 28.0 Å². The largest absolute Gasteiger partial charge is 0.416 e. The number of nitrogens with one attached hydrogen (secondary N) is 1. The highest BCUT2D eigenvalue weighted by Gasteiger charge is 2.31. The van der Waals surface area contributed by atoms with Crippen LogP contribution in [-0.2, 0) is 16.0 Å². The summed E-state index contributed by atoms with van der Waals surface area (Å²) < 4.78 is 64.3. The number of nitrogens with zero attached hydrogens (tertiary/aromatic N) is 3. The fraction of sp³-hybridized carbons (Fsp3) is 0.208. The molecular formula is C24H18ClF3N4O3S. The van der Waals surface area contributed by atoms with E-state index in [0.29, 0.717) is 33.8 Å². The summed E-state index contributed by atoms with van der Waals surface area (Å²) in [5.74, 6) is -0.674. The lowest BCUT2D eigenvalue weighted by atomic mass is 9.99. The topological polar surface area (TPSA) is 93.4 Å². The molecule has 0 unspecified atom stereocenters. The predicted octanol–water partition coefficient (Wildman–Crippen LogP) is 4.65. The summed E-state index contributed by atoms with van der Waals surface area (Å²) in [6.07, 6.45) is -1.40. The van der Waals surface area contributed by atoms with Gasteiger partial charge in [0.1, 0.15) is 5.56 Å². The fourth-order valence-corrected chi connectivity index (χ4v) is 6.15. The molecular weight excluding hydrogens is 517 g/mol. The molecule has 12 heteroatoms. The van der Waals surface area contributed by atoms with Crippen LogP contribution in [0.5, 0.6) is 0 Å². The van der Waals surface area contributed by atoms with Gasteiger partial charge in [0, 0.05) is 34.0 Å². The molecule has 3 heterocycles. The van der Waals surface area contributed by atoms with Gasteiger partial charge in [0.15, 0.2) is 15.5 Å². The van der Waals surface area contributed by atoms with Gasteiger partial charge in [-0.1, -0.05) is 41.9 Å². The SMILES string of the molecule is O=C(N[C@@H]1CCS(=O)(=O)C1)c1cnn2c(-c3ccc(C(F)(F)F)cc3)c(-c3ccccc3Cl)cnc12. The minimum absolute atomic E-state index is 0.00419. The first-order valence-electron chi connectivity index (χ1n) is 10.8. The number of hydrogen-bond donors (Lipinski definition) is 1. The lowest BCUT2D eigenvalue weighted by Gasteiger charge is -2.15. The maximum Gasteiger partial charge on any atom is 0.416 e. The summed E-state index contributed by atoms with van der Waals surface area (Å²) >= 11 is 6.41. The molecule has 0 saturated carbocycles. The Hall–Kier alpha value is -3.44. The van der Waals surface area contributed by atoms with Gasteiger partial charge in [0.2, 0.25) is 0 Å². The van der Waals surface area contributed by atoms with E-state index < -0.39 is 33.5 Å². The number of sulfone groups is 1. The zero-order valence-corrected chi connectivity index (χ0v) is 20.0. The van der Waals surface area contributed by atoms with E-state index >= 15 is 0 Å². The van der Waals surface area contributed by atoms with Gasteiger partial charge in [-0.3, -0.25) is 4.79 Å². The molecule has 4 aromatic rings. The smallest absolute Gasteiger partial charge is 0.348 e. The maximum atomic E-state index is 13.2. The van der Waals surface area contributed by atoms with Crippen LogP contribution in [0.15, 0.2) is 60.9 Å². The number of halogens is 4. The molecule has 1 atom stereocenters. The van der Waals surface area contributed by atoms with Crippen LogP contribution in [0.2, 0.25) is 5.02 Å². The van der Waals surface area contributed by atoms with E-state index in [2.05, 4.69) is 15.4 Å². The summed E-state index contributed by atoms with van der Waals surface area (Å²) in [7, 11) is -3.19. The third-order valence-electron chi connectivity index (χ3n) is 5.99. The highest BCUT2D eigenvalue weighted by molar-refractivity contribution is 7.91. The Morgan fingerprint density at radius 1 is 1.06 bits per heavy atom. The van der Waals surface area contributed by atoms with E-state index in [9.17, 15) is 26.4 Å². The zero-order chi connectivity index (χ0) is 25.7. The van der Waals surface area contributed by atoms with Gasteiger partial charge in [-0.15, -0.1) is 0 Å². The van der Waals surface area contributed by atoms with E-state index in [4.69, 9.17) is 11.6 Å². The Morgan fingerprint density at radius 2 is 1.78 bits per heavy atom. The first-order valence-corrected chi connectivity index (χ1v) is 13.0. The van der Waals surface area contributed by atoms with Crippen molar-refractivity contribution in [2.24, 2.45) is 0 Å². The number of aromatic nitrogens is 3. The molecule has 1 aliphatic heterocycles. The van der Waals surface area contributed by atoms with E-state index in [-0.39, 0.29) is 22.7 Å². The maximum absolute atomic E-state index is 13.2. The van der Waals surface area contributed by atoms with Crippen molar-refractivity contribution >= 4 is 33.0 Å². The van der Waals surface area contributed by atoms with Crippen molar-refractivity contribution in [1.29, 1.82) is 0 Å². The Morgan fingerprint density at radius 3 is 2.42 bits per heavy atom. The van der Waals surface area contributed by atoms with Crippen molar-refractivity contribution in [3.05, 3.63) is 77.1 Å². The van der Waals surface area contributed by atoms with Gasteiger partial charge in [-0.2, -0.15) is 18.3 Å². The Kier molecular flexibility index (Phi) is 6.00. The molecule has 2 aromatic heterocycles. The van der Waals surface area contributed by atoms with Crippen molar-refractivity contribution in [2.45, 2.75) is 18.6 Å². The monoisotopic (exact) mass is 534 g/mol. The first-order chi connectivity index (χ1) is 17.0. The lowest BCUT2D eigenvalue weighted by Crippen LogP contribution is -2.35. The molecule has 0 spiro atoms. The zero-order valence-electron chi connectivity index (χ0n) is 18.5. The van der Waals surface area contributed by atoms with Crippen LogP contribution in [-0.4, -0.2) is 46.5 Å². The van der Waals surface area contributed by atoms with Crippen molar-refractivity contribution in [1.82, 2.24) is 19.9 Å². The van der Waals surface area contributed by atoms with Crippen LogP contribution in [0.4, 0.5) is 13.2 Å². The van der Waals surface area contributed by atoms with Gasteiger partial charge in [-0.05, 0) is 24.6 Å². The second-order valence-electron chi connectivity index (χ2n) is 8.44. The molecule has 2 aromatic carbocycles. The summed E-state index contributed by atoms with van der Waals surface area (Å²) in [4.78, 5) is 17.4. The number of amides is 1. The van der Waals surface area contributed by atoms with Crippen LogP contribution in [0, 0.1) is 0 Å². The molecule has 1 saturated heterocycles. The number of carbonyl (C=O) groups excluding carboxylic acids is 1. The predicted molar refractivity (Wildman–Crippen MR) is 128 cm³/mol. The van der Waals surface area contributed by atoms with Crippen molar-refractivity contribution < 1.29 is 26.4 Å². The number of fused-ring (bicyclic) bond motifs is 1. The van der Waals surface area contributed by atoms with E-state index in [1.165, 1.54) is 29.0 Å². The van der Waals surface area contributed by atoms with Crippen molar-refractivity contribution in [3.63, 3.8) is 0 Å². The molecule has 1 fully saturated rings. The second-order valence-corrected chi connectivity index (χ2v) is 11.1. The minimum atomic E-state index is -4.50. The average Bonchev–Trinajstić information content (AvgIpc) is 3.41. The lowest BCUT2D eigenvalue weighted by molar-refractivity contribution is -0.137. The van der Waals surface area contributed by atoms with Crippen molar-refractivity contribution in [3.8, 4) is 22.4 Å². The molecule has 0 bridgehead atoms. The van der Waals surface area contributed by atoms with Crippen LogP contribution < -0.4 is 5.32 Å². The van der Waals surface area contributed by atoms with Crippen LogP contribution >= 0.6 is 11.6 Å². The molecule has 0 aliphatic carbocycles. The molecule has 36 heavy (non-hydrogen) atoms. The summed E-state index contributed by atoms with van der Waals surface area (Å²) in [5, 5.41) is 7.43. The number of benzene rings is 2. The summed E-state index contributed by atoms with van der Waals surface area (Å²) in [6.45, 7) is 0. The van der Waals surface area contributed by atoms with Gasteiger partial charge < -0.3 is 5.32 Å². The normalized spacial score (nSPS) is 17.4.